The van der Waals surface area contributed by atoms with Gasteiger partial charge >= 0.3 is 0 Å². The third-order valence-electron chi connectivity index (χ3n) is 2.78. The van der Waals surface area contributed by atoms with Crippen LogP contribution in [0.1, 0.15) is 21.5 Å². The summed E-state index contributed by atoms with van der Waals surface area (Å²) in [5, 5.41) is 0. The van der Waals surface area contributed by atoms with Gasteiger partial charge in [-0.1, -0.05) is 17.7 Å². The molecule has 0 aliphatic carbocycles. The largest absolute Gasteiger partial charge is 0.336 e. The monoisotopic (exact) mass is 207 g/mol. The smallest absolute Gasteiger partial charge is 0.254 e. The number of carbonyl (C=O) groups is 1. The Hall–Kier alpha value is -1.38. The van der Waals surface area contributed by atoms with Gasteiger partial charge in [-0.25, -0.2) is 4.39 Å². The van der Waals surface area contributed by atoms with Crippen molar-refractivity contribution >= 4 is 5.91 Å². The topological polar surface area (TPSA) is 20.3 Å². The van der Waals surface area contributed by atoms with Gasteiger partial charge in [0.05, 0.1) is 0 Å². The lowest BCUT2D eigenvalue weighted by Crippen LogP contribution is -2.38. The van der Waals surface area contributed by atoms with Gasteiger partial charge in [0.15, 0.2) is 0 Å². The molecule has 0 saturated carbocycles. The van der Waals surface area contributed by atoms with E-state index in [0.717, 1.165) is 17.5 Å². The molecule has 1 heterocycles. The number of hydrogen-bond acceptors (Lipinski definition) is 1. The van der Waals surface area contributed by atoms with Crippen molar-refractivity contribution in [1.82, 2.24) is 4.90 Å². The standard InChI is InChI=1S/C12H14FNO/c1-9-2-3-11-10(8-9)4-6-14(7-5-13)12(11)15/h2-3,8H,4-7H2,1H3. The number of alkyl halides is 1. The van der Waals surface area contributed by atoms with E-state index in [4.69, 9.17) is 0 Å². The molecule has 3 heteroatoms. The molecule has 2 nitrogen and oxygen atoms in total. The minimum atomic E-state index is -0.465. The number of aryl methyl sites for hydroxylation is 1. The lowest BCUT2D eigenvalue weighted by Gasteiger charge is -2.27. The number of carbonyl (C=O) groups excluding carboxylic acids is 1. The molecule has 0 saturated heterocycles. The van der Waals surface area contributed by atoms with Crippen molar-refractivity contribution in [3.05, 3.63) is 34.9 Å². The Morgan fingerprint density at radius 2 is 2.27 bits per heavy atom. The highest BCUT2D eigenvalue weighted by Crippen LogP contribution is 2.19. The van der Waals surface area contributed by atoms with Crippen molar-refractivity contribution in [3.63, 3.8) is 0 Å². The van der Waals surface area contributed by atoms with Crippen molar-refractivity contribution in [2.45, 2.75) is 13.3 Å². The lowest BCUT2D eigenvalue weighted by atomic mass is 9.97. The second-order valence-corrected chi connectivity index (χ2v) is 3.89. The van der Waals surface area contributed by atoms with E-state index in [2.05, 4.69) is 0 Å². The number of fused-ring (bicyclic) bond motifs is 1. The summed E-state index contributed by atoms with van der Waals surface area (Å²) in [6.07, 6.45) is 0.836. The molecule has 2 rings (SSSR count). The van der Waals surface area contributed by atoms with Crippen LogP contribution >= 0.6 is 0 Å². The van der Waals surface area contributed by atoms with E-state index in [-0.39, 0.29) is 12.5 Å². The Morgan fingerprint density at radius 3 is 3.00 bits per heavy atom. The second kappa shape index (κ2) is 4.01. The van der Waals surface area contributed by atoms with Crippen LogP contribution in [0.5, 0.6) is 0 Å². The molecule has 80 valence electrons. The fraction of sp³-hybridized carbons (Fsp3) is 0.417. The molecule has 0 N–H and O–H groups in total. The molecular weight excluding hydrogens is 193 g/mol. The van der Waals surface area contributed by atoms with Crippen molar-refractivity contribution < 1.29 is 9.18 Å². The molecule has 0 unspecified atom stereocenters. The van der Waals surface area contributed by atoms with Crippen LogP contribution in [-0.2, 0) is 6.42 Å². The maximum Gasteiger partial charge on any atom is 0.254 e. The Balaban J connectivity index is 2.30. The van der Waals surface area contributed by atoms with Gasteiger partial charge in [0.2, 0.25) is 0 Å². The molecule has 1 aliphatic heterocycles. The summed E-state index contributed by atoms with van der Waals surface area (Å²) in [5.41, 5.74) is 3.00. The van der Waals surface area contributed by atoms with Crippen LogP contribution in [0.4, 0.5) is 4.39 Å². The first-order valence-corrected chi connectivity index (χ1v) is 5.17. The van der Waals surface area contributed by atoms with E-state index in [1.54, 1.807) is 4.90 Å². The average molecular weight is 207 g/mol. The number of amides is 1. The van der Waals surface area contributed by atoms with E-state index in [0.29, 0.717) is 6.54 Å². The quantitative estimate of drug-likeness (QED) is 0.726. The molecule has 1 aromatic carbocycles. The molecule has 1 amide bonds. The number of rotatable bonds is 2. The van der Waals surface area contributed by atoms with Gasteiger partial charge < -0.3 is 4.90 Å². The summed E-state index contributed by atoms with van der Waals surface area (Å²) in [6.45, 7) is 2.40. The number of halogens is 1. The summed E-state index contributed by atoms with van der Waals surface area (Å²) in [7, 11) is 0. The predicted molar refractivity (Wildman–Crippen MR) is 56.8 cm³/mol. The first kappa shape index (κ1) is 10.1. The van der Waals surface area contributed by atoms with Crippen LogP contribution in [0.2, 0.25) is 0 Å². The maximum absolute atomic E-state index is 12.2. The molecule has 0 aromatic heterocycles. The summed E-state index contributed by atoms with van der Waals surface area (Å²) in [5.74, 6) is -0.0334. The van der Waals surface area contributed by atoms with Crippen LogP contribution in [0.25, 0.3) is 0 Å². The molecule has 0 bridgehead atoms. The third-order valence-corrected chi connectivity index (χ3v) is 2.78. The van der Waals surface area contributed by atoms with Gasteiger partial charge in [-0.15, -0.1) is 0 Å². The Kier molecular flexibility index (Phi) is 2.71. The average Bonchev–Trinajstić information content (AvgIpc) is 2.22. The van der Waals surface area contributed by atoms with E-state index < -0.39 is 6.67 Å². The zero-order valence-corrected chi connectivity index (χ0v) is 8.79. The van der Waals surface area contributed by atoms with Crippen LogP contribution in [0.15, 0.2) is 18.2 Å². The minimum Gasteiger partial charge on any atom is -0.336 e. The van der Waals surface area contributed by atoms with E-state index in [9.17, 15) is 9.18 Å². The van der Waals surface area contributed by atoms with Crippen molar-refractivity contribution in [3.8, 4) is 0 Å². The minimum absolute atomic E-state index is 0.0334. The zero-order chi connectivity index (χ0) is 10.8. The molecule has 15 heavy (non-hydrogen) atoms. The van der Waals surface area contributed by atoms with Crippen molar-refractivity contribution in [1.29, 1.82) is 0 Å². The fourth-order valence-corrected chi connectivity index (χ4v) is 1.98. The Labute approximate surface area is 88.7 Å². The van der Waals surface area contributed by atoms with Crippen molar-refractivity contribution in [2.75, 3.05) is 19.8 Å². The molecule has 0 fully saturated rings. The summed E-state index contributed by atoms with van der Waals surface area (Å²) < 4.78 is 12.2. The van der Waals surface area contributed by atoms with E-state index in [1.807, 2.05) is 25.1 Å². The van der Waals surface area contributed by atoms with Crippen LogP contribution in [0, 0.1) is 6.92 Å². The molecule has 1 aliphatic rings. The van der Waals surface area contributed by atoms with Gasteiger partial charge in [-0.05, 0) is 25.0 Å². The van der Waals surface area contributed by atoms with Crippen molar-refractivity contribution in [2.24, 2.45) is 0 Å². The highest BCUT2D eigenvalue weighted by Gasteiger charge is 2.23. The summed E-state index contributed by atoms with van der Waals surface area (Å²) >= 11 is 0. The van der Waals surface area contributed by atoms with E-state index >= 15 is 0 Å². The number of nitrogens with zero attached hydrogens (tertiary/aromatic N) is 1. The van der Waals surface area contributed by atoms with Gasteiger partial charge in [0, 0.05) is 18.7 Å². The lowest BCUT2D eigenvalue weighted by molar-refractivity contribution is 0.0729. The first-order valence-electron chi connectivity index (χ1n) is 5.17. The molecular formula is C12H14FNO. The van der Waals surface area contributed by atoms with Gasteiger partial charge in [-0.2, -0.15) is 0 Å². The second-order valence-electron chi connectivity index (χ2n) is 3.89. The Bertz CT molecular complexity index is 389. The van der Waals surface area contributed by atoms with Crippen LogP contribution in [-0.4, -0.2) is 30.6 Å². The number of hydrogen-bond donors (Lipinski definition) is 0. The van der Waals surface area contributed by atoms with E-state index in [1.165, 1.54) is 5.56 Å². The maximum atomic E-state index is 12.2. The zero-order valence-electron chi connectivity index (χ0n) is 8.79. The third kappa shape index (κ3) is 1.87. The molecule has 0 radical (unpaired) electrons. The van der Waals surface area contributed by atoms with Gasteiger partial charge in [0.1, 0.15) is 6.67 Å². The first-order chi connectivity index (χ1) is 7.22. The summed E-state index contributed by atoms with van der Waals surface area (Å²) in [6, 6.07) is 5.81. The molecule has 1 aromatic rings. The Morgan fingerprint density at radius 1 is 1.47 bits per heavy atom. The molecule has 0 spiro atoms. The number of benzene rings is 1. The highest BCUT2D eigenvalue weighted by molar-refractivity contribution is 5.96. The fourth-order valence-electron chi connectivity index (χ4n) is 1.98. The SMILES string of the molecule is Cc1ccc2c(c1)CCN(CCF)C2=O. The normalized spacial score (nSPS) is 15.3. The van der Waals surface area contributed by atoms with Crippen LogP contribution in [0.3, 0.4) is 0 Å². The van der Waals surface area contributed by atoms with Gasteiger partial charge in [0.25, 0.3) is 5.91 Å². The highest BCUT2D eigenvalue weighted by atomic mass is 19.1. The van der Waals surface area contributed by atoms with Gasteiger partial charge in [-0.3, -0.25) is 4.79 Å². The summed E-state index contributed by atoms with van der Waals surface area (Å²) in [4.78, 5) is 13.5. The van der Waals surface area contributed by atoms with Crippen LogP contribution < -0.4 is 0 Å². The predicted octanol–water partition coefficient (Wildman–Crippen LogP) is 1.96. The molecule has 0 atom stereocenters.